The van der Waals surface area contributed by atoms with Gasteiger partial charge in [0, 0.05) is 50.3 Å². The minimum atomic E-state index is -0.228. The summed E-state index contributed by atoms with van der Waals surface area (Å²) in [6.07, 6.45) is 2.61. The molecule has 0 bridgehead atoms. The lowest BCUT2D eigenvalue weighted by Gasteiger charge is -2.39. The first kappa shape index (κ1) is 19.9. The van der Waals surface area contributed by atoms with Crippen LogP contribution in [0.4, 0.5) is 4.39 Å². The maximum absolute atomic E-state index is 13.6. The Bertz CT molecular complexity index is 1030. The maximum Gasteiger partial charge on any atom is 0.272 e. The molecule has 5 heteroatoms. The van der Waals surface area contributed by atoms with Gasteiger partial charge in [0.1, 0.15) is 11.5 Å². The first-order valence-corrected chi connectivity index (χ1v) is 10.9. The summed E-state index contributed by atoms with van der Waals surface area (Å²) < 4.78 is 13.6. The fraction of sp³-hybridized carbons (Fsp3) is 0.308. The van der Waals surface area contributed by atoms with Crippen molar-refractivity contribution in [3.05, 3.63) is 102 Å². The van der Waals surface area contributed by atoms with Crippen molar-refractivity contribution >= 4 is 5.91 Å². The lowest BCUT2D eigenvalue weighted by molar-refractivity contribution is 0.0608. The molecule has 158 valence electrons. The number of aromatic nitrogens is 1. The second-order valence-corrected chi connectivity index (χ2v) is 8.57. The van der Waals surface area contributed by atoms with Gasteiger partial charge < -0.3 is 4.90 Å². The zero-order valence-electron chi connectivity index (χ0n) is 17.4. The first-order chi connectivity index (χ1) is 15.2. The number of nitrogens with zero attached hydrogens (tertiary/aromatic N) is 3. The number of carbonyl (C=O) groups is 1. The molecule has 0 saturated carbocycles. The number of likely N-dealkylation sites (tertiary alicyclic amines) is 2. The molecule has 0 N–H and O–H groups in total. The molecule has 5 rings (SSSR count). The molecular weight excluding hydrogens is 389 g/mol. The molecule has 4 nitrogen and oxygen atoms in total. The predicted molar refractivity (Wildman–Crippen MR) is 118 cm³/mol. The second-order valence-electron chi connectivity index (χ2n) is 8.57. The first-order valence-electron chi connectivity index (χ1n) is 10.9. The van der Waals surface area contributed by atoms with Crippen LogP contribution in [0.15, 0.2) is 79.0 Å². The molecule has 0 spiro atoms. The summed E-state index contributed by atoms with van der Waals surface area (Å²) in [5, 5.41) is 0. The third kappa shape index (κ3) is 4.10. The van der Waals surface area contributed by atoms with E-state index in [-0.39, 0.29) is 23.7 Å². The minimum absolute atomic E-state index is 0.00304. The van der Waals surface area contributed by atoms with Gasteiger partial charge in [-0.25, -0.2) is 4.39 Å². The molecule has 0 radical (unpaired) electrons. The number of rotatable bonds is 4. The Kier molecular flexibility index (Phi) is 5.51. The number of hydrogen-bond acceptors (Lipinski definition) is 3. The van der Waals surface area contributed by atoms with Gasteiger partial charge in [-0.1, -0.05) is 48.5 Å². The van der Waals surface area contributed by atoms with Gasteiger partial charge in [-0.05, 0) is 41.8 Å². The predicted octanol–water partition coefficient (Wildman–Crippen LogP) is 4.35. The van der Waals surface area contributed by atoms with Crippen LogP contribution in [0, 0.1) is 11.7 Å². The number of pyridine rings is 1. The van der Waals surface area contributed by atoms with E-state index < -0.39 is 0 Å². The number of benzene rings is 2. The third-order valence-corrected chi connectivity index (χ3v) is 6.71. The van der Waals surface area contributed by atoms with Crippen LogP contribution in [0.25, 0.3) is 0 Å². The zero-order chi connectivity index (χ0) is 21.2. The number of amides is 1. The van der Waals surface area contributed by atoms with Crippen LogP contribution in [-0.2, 0) is 6.54 Å². The Morgan fingerprint density at radius 3 is 2.48 bits per heavy atom. The van der Waals surface area contributed by atoms with E-state index in [4.69, 9.17) is 0 Å². The lowest BCUT2D eigenvalue weighted by atomic mass is 9.81. The van der Waals surface area contributed by atoms with Crippen LogP contribution in [0.5, 0.6) is 0 Å². The summed E-state index contributed by atoms with van der Waals surface area (Å²) in [4.78, 5) is 22.1. The Labute approximate surface area is 182 Å². The molecule has 3 heterocycles. The molecule has 2 saturated heterocycles. The third-order valence-electron chi connectivity index (χ3n) is 6.71. The van der Waals surface area contributed by atoms with Gasteiger partial charge in [-0.15, -0.1) is 0 Å². The molecule has 0 aliphatic carbocycles. The van der Waals surface area contributed by atoms with Gasteiger partial charge in [0.2, 0.25) is 0 Å². The Balaban J connectivity index is 1.41. The fourth-order valence-electron chi connectivity index (χ4n) is 5.22. The number of hydrogen-bond donors (Lipinski definition) is 0. The average Bonchev–Trinajstić information content (AvgIpc) is 3.19. The molecule has 2 aliphatic rings. The van der Waals surface area contributed by atoms with Gasteiger partial charge in [0.05, 0.1) is 0 Å². The fourth-order valence-corrected chi connectivity index (χ4v) is 5.22. The van der Waals surface area contributed by atoms with Crippen molar-refractivity contribution in [3.63, 3.8) is 0 Å². The Morgan fingerprint density at radius 2 is 1.74 bits per heavy atom. The van der Waals surface area contributed by atoms with Crippen molar-refractivity contribution in [1.82, 2.24) is 14.8 Å². The standard InChI is InChI=1S/C26H26FN3O/c27-21-11-9-20(10-12-21)22-18-30(26(31)24-8-4-5-14-28-24)25-13-15-29(17-23(22)25)16-19-6-2-1-3-7-19/h1-12,14,22-23,25H,13,15-18H2/t22-,23-,25-/m1/s1. The van der Waals surface area contributed by atoms with Gasteiger partial charge >= 0.3 is 0 Å². The van der Waals surface area contributed by atoms with Crippen molar-refractivity contribution in [3.8, 4) is 0 Å². The molecular formula is C26H26FN3O. The van der Waals surface area contributed by atoms with Crippen LogP contribution >= 0.6 is 0 Å². The van der Waals surface area contributed by atoms with Crippen molar-refractivity contribution in [2.75, 3.05) is 19.6 Å². The normalized spacial score (nSPS) is 23.5. The summed E-state index contributed by atoms with van der Waals surface area (Å²) >= 11 is 0. The van der Waals surface area contributed by atoms with E-state index in [0.717, 1.165) is 31.6 Å². The number of halogens is 1. The molecule has 31 heavy (non-hydrogen) atoms. The van der Waals surface area contributed by atoms with Crippen molar-refractivity contribution in [2.45, 2.75) is 24.9 Å². The van der Waals surface area contributed by atoms with Crippen molar-refractivity contribution < 1.29 is 9.18 Å². The Hall–Kier alpha value is -3.05. The van der Waals surface area contributed by atoms with E-state index in [0.29, 0.717) is 18.2 Å². The van der Waals surface area contributed by atoms with Crippen LogP contribution in [0.1, 0.15) is 34.0 Å². The van der Waals surface area contributed by atoms with Crippen molar-refractivity contribution in [2.24, 2.45) is 5.92 Å². The van der Waals surface area contributed by atoms with E-state index >= 15 is 0 Å². The summed E-state index contributed by atoms with van der Waals surface area (Å²) in [5.74, 6) is 0.276. The van der Waals surface area contributed by atoms with Crippen LogP contribution < -0.4 is 0 Å². The van der Waals surface area contributed by atoms with Crippen LogP contribution in [0.3, 0.4) is 0 Å². The monoisotopic (exact) mass is 415 g/mol. The highest BCUT2D eigenvalue weighted by Crippen LogP contribution is 2.42. The smallest absolute Gasteiger partial charge is 0.272 e. The molecule has 2 fully saturated rings. The highest BCUT2D eigenvalue weighted by molar-refractivity contribution is 5.92. The number of piperidine rings is 1. The molecule has 2 aliphatic heterocycles. The second kappa shape index (κ2) is 8.60. The van der Waals surface area contributed by atoms with E-state index in [1.165, 1.54) is 17.7 Å². The average molecular weight is 416 g/mol. The van der Waals surface area contributed by atoms with Gasteiger partial charge in [-0.2, -0.15) is 0 Å². The van der Waals surface area contributed by atoms with Gasteiger partial charge in [0.25, 0.3) is 5.91 Å². The quantitative estimate of drug-likeness (QED) is 0.636. The van der Waals surface area contributed by atoms with Crippen LogP contribution in [0.2, 0.25) is 0 Å². The van der Waals surface area contributed by atoms with E-state index in [2.05, 4.69) is 34.1 Å². The minimum Gasteiger partial charge on any atom is -0.333 e. The topological polar surface area (TPSA) is 36.4 Å². The van der Waals surface area contributed by atoms with Crippen molar-refractivity contribution in [1.29, 1.82) is 0 Å². The SMILES string of the molecule is O=C(c1ccccn1)N1C[C@H](c2ccc(F)cc2)[C@H]2CN(Cc3ccccc3)CC[C@H]21. The van der Waals surface area contributed by atoms with E-state index in [9.17, 15) is 9.18 Å². The van der Waals surface area contributed by atoms with Gasteiger partial charge in [0.15, 0.2) is 0 Å². The lowest BCUT2D eigenvalue weighted by Crippen LogP contribution is -2.47. The van der Waals surface area contributed by atoms with E-state index in [1.807, 2.05) is 35.2 Å². The number of fused-ring (bicyclic) bond motifs is 1. The zero-order valence-corrected chi connectivity index (χ0v) is 17.4. The summed E-state index contributed by atoms with van der Waals surface area (Å²) in [6, 6.07) is 23.0. The molecule has 3 aromatic rings. The van der Waals surface area contributed by atoms with Gasteiger partial charge in [-0.3, -0.25) is 14.7 Å². The van der Waals surface area contributed by atoms with E-state index in [1.54, 1.807) is 12.3 Å². The summed E-state index contributed by atoms with van der Waals surface area (Å²) in [5.41, 5.74) is 2.90. The summed E-state index contributed by atoms with van der Waals surface area (Å²) in [7, 11) is 0. The number of carbonyl (C=O) groups excluding carboxylic acids is 1. The molecule has 1 amide bonds. The highest BCUT2D eigenvalue weighted by Gasteiger charge is 2.47. The highest BCUT2D eigenvalue weighted by atomic mass is 19.1. The molecule has 0 unspecified atom stereocenters. The van der Waals surface area contributed by atoms with Crippen LogP contribution in [-0.4, -0.2) is 46.4 Å². The molecule has 3 atom stereocenters. The summed E-state index contributed by atoms with van der Waals surface area (Å²) in [6.45, 7) is 3.44. The molecule has 1 aromatic heterocycles. The Morgan fingerprint density at radius 1 is 0.968 bits per heavy atom. The molecule has 2 aromatic carbocycles. The largest absolute Gasteiger partial charge is 0.333 e. The maximum atomic E-state index is 13.6.